The number of benzene rings is 2. The lowest BCUT2D eigenvalue weighted by Crippen LogP contribution is -2.04. The van der Waals surface area contributed by atoms with E-state index < -0.39 is 0 Å². The molecule has 0 spiro atoms. The van der Waals surface area contributed by atoms with E-state index >= 15 is 0 Å². The van der Waals surface area contributed by atoms with Crippen LogP contribution in [0.5, 0.6) is 0 Å². The summed E-state index contributed by atoms with van der Waals surface area (Å²) < 4.78 is 0. The highest BCUT2D eigenvalue weighted by molar-refractivity contribution is 7.12. The van der Waals surface area contributed by atoms with Gasteiger partial charge in [0, 0.05) is 11.3 Å². The Labute approximate surface area is 149 Å². The van der Waals surface area contributed by atoms with Crippen LogP contribution in [-0.2, 0) is 0 Å². The highest BCUT2D eigenvalue weighted by Gasteiger charge is 2.15. The quantitative estimate of drug-likeness (QED) is 0.258. The fraction of sp³-hybridized carbons (Fsp3) is 0.0556. The SMILES string of the molecule is Cc1ccsc1C(=NO)c1ccc(Nc2ccccc2N)cc1Cl. The molecular weight excluding hydrogens is 342 g/mol. The molecule has 0 radical (unpaired) electrons. The van der Waals surface area contributed by atoms with Crippen molar-refractivity contribution in [1.29, 1.82) is 0 Å². The minimum absolute atomic E-state index is 0.471. The molecule has 6 heteroatoms. The Balaban J connectivity index is 1.93. The second-order valence-electron chi connectivity index (χ2n) is 5.29. The fourth-order valence-electron chi connectivity index (χ4n) is 2.39. The van der Waals surface area contributed by atoms with Gasteiger partial charge in [0.1, 0.15) is 5.71 Å². The minimum atomic E-state index is 0.471. The molecule has 0 unspecified atom stereocenters. The van der Waals surface area contributed by atoms with E-state index in [1.807, 2.05) is 54.8 Å². The Kier molecular flexibility index (Phi) is 4.74. The molecule has 0 bridgehead atoms. The highest BCUT2D eigenvalue weighted by atomic mass is 35.5. The Hall–Kier alpha value is -2.50. The lowest BCUT2D eigenvalue weighted by molar-refractivity contribution is 0.319. The standard InChI is InChI=1S/C18H16ClN3OS/c1-11-8-9-24-18(11)17(22-23)13-7-6-12(10-14(13)19)21-16-5-3-2-4-15(16)20/h2-10,21,23H,20H2,1H3. The van der Waals surface area contributed by atoms with E-state index in [-0.39, 0.29) is 0 Å². The number of nitrogens with two attached hydrogens (primary N) is 1. The van der Waals surface area contributed by atoms with Gasteiger partial charge in [0.2, 0.25) is 0 Å². The molecule has 0 saturated heterocycles. The lowest BCUT2D eigenvalue weighted by Gasteiger charge is -2.12. The van der Waals surface area contributed by atoms with Crippen molar-refractivity contribution in [2.24, 2.45) is 5.16 Å². The monoisotopic (exact) mass is 357 g/mol. The second-order valence-corrected chi connectivity index (χ2v) is 6.61. The Morgan fingerprint density at radius 1 is 1.21 bits per heavy atom. The molecule has 0 aliphatic rings. The van der Waals surface area contributed by atoms with Crippen LogP contribution < -0.4 is 11.1 Å². The zero-order valence-corrected chi connectivity index (χ0v) is 14.5. The van der Waals surface area contributed by atoms with Crippen molar-refractivity contribution in [1.82, 2.24) is 0 Å². The van der Waals surface area contributed by atoms with E-state index in [9.17, 15) is 5.21 Å². The van der Waals surface area contributed by atoms with Gasteiger partial charge in [0.25, 0.3) is 0 Å². The van der Waals surface area contributed by atoms with Gasteiger partial charge in [0.15, 0.2) is 0 Å². The maximum absolute atomic E-state index is 9.44. The van der Waals surface area contributed by atoms with E-state index in [1.165, 1.54) is 11.3 Å². The Morgan fingerprint density at radius 3 is 2.62 bits per heavy atom. The van der Waals surface area contributed by atoms with Gasteiger partial charge in [0.05, 0.1) is 21.3 Å². The lowest BCUT2D eigenvalue weighted by atomic mass is 10.1. The van der Waals surface area contributed by atoms with Crippen LogP contribution in [0, 0.1) is 6.92 Å². The third-order valence-electron chi connectivity index (χ3n) is 3.64. The molecule has 3 aromatic rings. The molecule has 4 nitrogen and oxygen atoms in total. The molecule has 3 rings (SSSR count). The van der Waals surface area contributed by atoms with E-state index in [0.29, 0.717) is 22.0 Å². The van der Waals surface area contributed by atoms with Crippen molar-refractivity contribution in [3.8, 4) is 0 Å². The summed E-state index contributed by atoms with van der Waals surface area (Å²) >= 11 is 7.93. The third kappa shape index (κ3) is 3.22. The van der Waals surface area contributed by atoms with Crippen molar-refractivity contribution < 1.29 is 5.21 Å². The molecular formula is C18H16ClN3OS. The summed E-state index contributed by atoms with van der Waals surface area (Å²) in [6.07, 6.45) is 0. The summed E-state index contributed by atoms with van der Waals surface area (Å²) in [5.41, 5.74) is 10.4. The molecule has 0 fully saturated rings. The summed E-state index contributed by atoms with van der Waals surface area (Å²) in [5.74, 6) is 0. The van der Waals surface area contributed by atoms with Gasteiger partial charge >= 0.3 is 0 Å². The predicted molar refractivity (Wildman–Crippen MR) is 102 cm³/mol. The summed E-state index contributed by atoms with van der Waals surface area (Å²) in [6.45, 7) is 1.97. The van der Waals surface area contributed by atoms with Gasteiger partial charge in [-0.05, 0) is 54.3 Å². The molecule has 1 heterocycles. The average Bonchev–Trinajstić information content (AvgIpc) is 2.98. The van der Waals surface area contributed by atoms with Crippen LogP contribution in [-0.4, -0.2) is 10.9 Å². The number of nitrogens with zero attached hydrogens (tertiary/aromatic N) is 1. The summed E-state index contributed by atoms with van der Waals surface area (Å²) in [4.78, 5) is 0.896. The zero-order valence-electron chi connectivity index (χ0n) is 13.0. The van der Waals surface area contributed by atoms with E-state index in [0.717, 1.165) is 21.8 Å². The van der Waals surface area contributed by atoms with Crippen LogP contribution in [0.15, 0.2) is 59.1 Å². The molecule has 4 N–H and O–H groups in total. The maximum Gasteiger partial charge on any atom is 0.128 e. The fourth-order valence-corrected chi connectivity index (χ4v) is 3.58. The van der Waals surface area contributed by atoms with Crippen molar-refractivity contribution in [3.63, 3.8) is 0 Å². The van der Waals surface area contributed by atoms with Gasteiger partial charge in [-0.3, -0.25) is 0 Å². The first-order valence-electron chi connectivity index (χ1n) is 7.28. The number of anilines is 3. The van der Waals surface area contributed by atoms with Crippen LogP contribution in [0.2, 0.25) is 5.02 Å². The van der Waals surface area contributed by atoms with Crippen LogP contribution in [0.25, 0.3) is 0 Å². The molecule has 2 aromatic carbocycles. The highest BCUT2D eigenvalue weighted by Crippen LogP contribution is 2.29. The van der Waals surface area contributed by atoms with Gasteiger partial charge in [-0.15, -0.1) is 11.3 Å². The Bertz CT molecular complexity index is 905. The Morgan fingerprint density at radius 2 is 2.00 bits per heavy atom. The van der Waals surface area contributed by atoms with E-state index in [2.05, 4.69) is 10.5 Å². The number of hydrogen-bond acceptors (Lipinski definition) is 5. The van der Waals surface area contributed by atoms with E-state index in [1.54, 1.807) is 6.07 Å². The van der Waals surface area contributed by atoms with Crippen LogP contribution >= 0.6 is 22.9 Å². The molecule has 1 aromatic heterocycles. The van der Waals surface area contributed by atoms with Crippen molar-refractivity contribution in [3.05, 3.63) is 74.9 Å². The third-order valence-corrected chi connectivity index (χ3v) is 4.98. The van der Waals surface area contributed by atoms with Crippen LogP contribution in [0.3, 0.4) is 0 Å². The van der Waals surface area contributed by atoms with E-state index in [4.69, 9.17) is 17.3 Å². The first-order chi connectivity index (χ1) is 11.6. The van der Waals surface area contributed by atoms with Gasteiger partial charge < -0.3 is 16.3 Å². The van der Waals surface area contributed by atoms with Gasteiger partial charge in [-0.25, -0.2) is 0 Å². The summed E-state index contributed by atoms with van der Waals surface area (Å²) in [6, 6.07) is 15.0. The van der Waals surface area contributed by atoms with Crippen molar-refractivity contribution in [2.75, 3.05) is 11.1 Å². The predicted octanol–water partition coefficient (Wildman–Crippen LogP) is 5.26. The molecule has 0 aliphatic carbocycles. The zero-order chi connectivity index (χ0) is 17.1. The number of nitrogen functional groups attached to an aromatic ring is 1. The number of rotatable bonds is 4. The van der Waals surface area contributed by atoms with Gasteiger partial charge in [-0.2, -0.15) is 0 Å². The summed E-state index contributed by atoms with van der Waals surface area (Å²) in [5, 5.41) is 18.6. The molecule has 0 aliphatic heterocycles. The van der Waals surface area contributed by atoms with Gasteiger partial charge in [-0.1, -0.05) is 28.9 Å². The normalized spacial score (nSPS) is 11.5. The molecule has 0 saturated carbocycles. The second kappa shape index (κ2) is 6.95. The number of para-hydroxylation sites is 2. The first kappa shape index (κ1) is 16.4. The number of aryl methyl sites for hydroxylation is 1. The molecule has 0 atom stereocenters. The minimum Gasteiger partial charge on any atom is -0.410 e. The van der Waals surface area contributed by atoms with Crippen LogP contribution in [0.4, 0.5) is 17.1 Å². The smallest absolute Gasteiger partial charge is 0.128 e. The number of hydrogen-bond donors (Lipinski definition) is 3. The number of nitrogens with one attached hydrogen (secondary N) is 1. The molecule has 122 valence electrons. The first-order valence-corrected chi connectivity index (χ1v) is 8.54. The van der Waals surface area contributed by atoms with Crippen molar-refractivity contribution in [2.45, 2.75) is 6.92 Å². The molecule has 0 amide bonds. The largest absolute Gasteiger partial charge is 0.410 e. The summed E-state index contributed by atoms with van der Waals surface area (Å²) in [7, 11) is 0. The number of halogens is 1. The van der Waals surface area contributed by atoms with Crippen molar-refractivity contribution >= 4 is 45.7 Å². The molecule has 24 heavy (non-hydrogen) atoms. The topological polar surface area (TPSA) is 70.6 Å². The number of oxime groups is 1. The number of thiophene rings is 1. The average molecular weight is 358 g/mol. The van der Waals surface area contributed by atoms with Crippen LogP contribution in [0.1, 0.15) is 16.0 Å². The maximum atomic E-state index is 9.44.